The van der Waals surface area contributed by atoms with Crippen LogP contribution in [0.25, 0.3) is 0 Å². The fourth-order valence-electron chi connectivity index (χ4n) is 2.70. The molecular formula is C16H26N4O. The predicted octanol–water partition coefficient (Wildman–Crippen LogP) is 2.52. The van der Waals surface area contributed by atoms with Crippen LogP contribution in [0.2, 0.25) is 0 Å². The lowest BCUT2D eigenvalue weighted by atomic mass is 10.0. The number of hydrogen-bond donors (Lipinski definition) is 2. The van der Waals surface area contributed by atoms with Crippen LogP contribution in [0.3, 0.4) is 0 Å². The molecule has 1 aromatic rings. The number of aromatic nitrogens is 2. The summed E-state index contributed by atoms with van der Waals surface area (Å²) >= 11 is 0. The summed E-state index contributed by atoms with van der Waals surface area (Å²) < 4.78 is 0. The van der Waals surface area contributed by atoms with Gasteiger partial charge < -0.3 is 10.6 Å². The minimum absolute atomic E-state index is 0.0654. The van der Waals surface area contributed by atoms with Gasteiger partial charge in [-0.15, -0.1) is 0 Å². The molecule has 1 atom stereocenters. The minimum atomic E-state index is -0.0654. The van der Waals surface area contributed by atoms with E-state index < -0.39 is 0 Å². The minimum Gasteiger partial charge on any atom is -0.349 e. The van der Waals surface area contributed by atoms with Crippen LogP contribution >= 0.6 is 0 Å². The van der Waals surface area contributed by atoms with E-state index in [-0.39, 0.29) is 18.0 Å². The van der Waals surface area contributed by atoms with Crippen LogP contribution in [0.4, 0.5) is 0 Å². The molecule has 0 spiro atoms. The van der Waals surface area contributed by atoms with Gasteiger partial charge in [0, 0.05) is 12.2 Å². The van der Waals surface area contributed by atoms with E-state index in [0.29, 0.717) is 5.56 Å². The fraction of sp³-hybridized carbons (Fsp3) is 0.688. The number of rotatable bonds is 5. The van der Waals surface area contributed by atoms with Gasteiger partial charge in [-0.25, -0.2) is 9.97 Å². The molecule has 0 radical (unpaired) electrons. The zero-order chi connectivity index (χ0) is 15.2. The molecule has 5 nitrogen and oxygen atoms in total. The van der Waals surface area contributed by atoms with E-state index in [1.165, 1.54) is 12.8 Å². The number of carbonyl (C=O) groups is 1. The molecular weight excluding hydrogens is 264 g/mol. The van der Waals surface area contributed by atoms with Gasteiger partial charge in [-0.3, -0.25) is 4.79 Å². The average Bonchev–Trinajstić information content (AvgIpc) is 2.53. The Morgan fingerprint density at radius 1 is 1.43 bits per heavy atom. The van der Waals surface area contributed by atoms with Gasteiger partial charge in [0.25, 0.3) is 5.91 Å². The average molecular weight is 290 g/mol. The molecule has 21 heavy (non-hydrogen) atoms. The third-order valence-electron chi connectivity index (χ3n) is 4.19. The van der Waals surface area contributed by atoms with E-state index in [1.54, 1.807) is 6.20 Å². The second kappa shape index (κ2) is 7.50. The lowest BCUT2D eigenvalue weighted by Crippen LogP contribution is -2.35. The quantitative estimate of drug-likeness (QED) is 0.874. The van der Waals surface area contributed by atoms with Crippen molar-refractivity contribution in [3.63, 3.8) is 0 Å². The zero-order valence-electron chi connectivity index (χ0n) is 13.3. The van der Waals surface area contributed by atoms with Crippen LogP contribution in [0.5, 0.6) is 0 Å². The molecule has 116 valence electrons. The first kappa shape index (κ1) is 15.9. The Bertz CT molecular complexity index is 479. The first-order chi connectivity index (χ1) is 10.2. The van der Waals surface area contributed by atoms with Crippen molar-refractivity contribution >= 4 is 5.91 Å². The first-order valence-corrected chi connectivity index (χ1v) is 8.03. The highest BCUT2D eigenvalue weighted by atomic mass is 16.1. The van der Waals surface area contributed by atoms with Crippen molar-refractivity contribution in [3.05, 3.63) is 23.3 Å². The van der Waals surface area contributed by atoms with Crippen molar-refractivity contribution in [3.8, 4) is 0 Å². The standard InChI is InChI=1S/C16H26N4O/c1-4-12(5-2)20-16(21)13-10-18-15(19-11(13)3)14-8-6-7-9-17-14/h10,12,14,17H,4-9H2,1-3H3,(H,20,21)/t14-/m1/s1. The van der Waals surface area contributed by atoms with Crippen LogP contribution in [-0.4, -0.2) is 28.5 Å². The number of piperidine rings is 1. The summed E-state index contributed by atoms with van der Waals surface area (Å²) in [6, 6.07) is 0.449. The summed E-state index contributed by atoms with van der Waals surface area (Å²) in [6.07, 6.45) is 7.03. The normalized spacial score (nSPS) is 18.8. The van der Waals surface area contributed by atoms with Crippen molar-refractivity contribution in [2.75, 3.05) is 6.54 Å². The second-order valence-electron chi connectivity index (χ2n) is 5.72. The second-order valence-corrected chi connectivity index (χ2v) is 5.72. The molecule has 2 rings (SSSR count). The Morgan fingerprint density at radius 2 is 2.19 bits per heavy atom. The van der Waals surface area contributed by atoms with Crippen LogP contribution in [-0.2, 0) is 0 Å². The van der Waals surface area contributed by atoms with E-state index in [0.717, 1.165) is 37.3 Å². The number of amides is 1. The number of carbonyl (C=O) groups excluding carboxylic acids is 1. The number of nitrogens with zero attached hydrogens (tertiary/aromatic N) is 2. The van der Waals surface area contributed by atoms with E-state index >= 15 is 0 Å². The van der Waals surface area contributed by atoms with Gasteiger partial charge in [0.1, 0.15) is 5.82 Å². The van der Waals surface area contributed by atoms with Gasteiger partial charge >= 0.3 is 0 Å². The van der Waals surface area contributed by atoms with E-state index in [2.05, 4.69) is 34.4 Å². The summed E-state index contributed by atoms with van der Waals surface area (Å²) in [7, 11) is 0. The maximum absolute atomic E-state index is 12.3. The van der Waals surface area contributed by atoms with Crippen molar-refractivity contribution in [1.82, 2.24) is 20.6 Å². The highest BCUT2D eigenvalue weighted by Gasteiger charge is 2.20. The van der Waals surface area contributed by atoms with Crippen LogP contribution in [0.15, 0.2) is 6.20 Å². The Balaban J connectivity index is 2.09. The van der Waals surface area contributed by atoms with Gasteiger partial charge in [-0.1, -0.05) is 20.3 Å². The van der Waals surface area contributed by atoms with E-state index in [9.17, 15) is 4.79 Å². The largest absolute Gasteiger partial charge is 0.349 e. The van der Waals surface area contributed by atoms with Crippen LogP contribution < -0.4 is 10.6 Å². The lowest BCUT2D eigenvalue weighted by molar-refractivity contribution is 0.0933. The molecule has 1 amide bonds. The maximum atomic E-state index is 12.3. The maximum Gasteiger partial charge on any atom is 0.254 e. The van der Waals surface area contributed by atoms with Crippen molar-refractivity contribution < 1.29 is 4.79 Å². The summed E-state index contributed by atoms with van der Waals surface area (Å²) in [5.41, 5.74) is 1.34. The highest BCUT2D eigenvalue weighted by Crippen LogP contribution is 2.20. The molecule has 0 aliphatic carbocycles. The Labute approximate surface area is 127 Å². The molecule has 0 aromatic carbocycles. The monoisotopic (exact) mass is 290 g/mol. The topological polar surface area (TPSA) is 66.9 Å². The molecule has 1 aliphatic heterocycles. The van der Waals surface area contributed by atoms with Crippen molar-refractivity contribution in [2.45, 2.75) is 65.0 Å². The van der Waals surface area contributed by atoms with Gasteiger partial charge in [-0.2, -0.15) is 0 Å². The molecule has 2 heterocycles. The summed E-state index contributed by atoms with van der Waals surface area (Å²) in [4.78, 5) is 21.2. The van der Waals surface area contributed by atoms with Gasteiger partial charge in [0.2, 0.25) is 0 Å². The van der Waals surface area contributed by atoms with E-state index in [4.69, 9.17) is 0 Å². The smallest absolute Gasteiger partial charge is 0.254 e. The molecule has 0 saturated carbocycles. The third kappa shape index (κ3) is 4.00. The van der Waals surface area contributed by atoms with E-state index in [1.807, 2.05) is 6.92 Å². The Kier molecular flexibility index (Phi) is 5.67. The number of hydrogen-bond acceptors (Lipinski definition) is 4. The lowest BCUT2D eigenvalue weighted by Gasteiger charge is -2.22. The first-order valence-electron chi connectivity index (χ1n) is 8.03. The van der Waals surface area contributed by atoms with Crippen molar-refractivity contribution in [2.24, 2.45) is 0 Å². The summed E-state index contributed by atoms with van der Waals surface area (Å²) in [5.74, 6) is 0.746. The molecule has 1 aliphatic rings. The molecule has 2 N–H and O–H groups in total. The van der Waals surface area contributed by atoms with Gasteiger partial charge in [0.15, 0.2) is 0 Å². The Hall–Kier alpha value is -1.49. The van der Waals surface area contributed by atoms with Crippen LogP contribution in [0.1, 0.15) is 73.9 Å². The van der Waals surface area contributed by atoms with Crippen molar-refractivity contribution in [1.29, 1.82) is 0 Å². The summed E-state index contributed by atoms with van der Waals surface area (Å²) in [6.45, 7) is 7.06. The molecule has 0 bridgehead atoms. The SMILES string of the molecule is CCC(CC)NC(=O)c1cnc([C@H]2CCCCN2)nc1C. The molecule has 5 heteroatoms. The zero-order valence-corrected chi connectivity index (χ0v) is 13.3. The predicted molar refractivity (Wildman–Crippen MR) is 83.2 cm³/mol. The molecule has 1 fully saturated rings. The number of aryl methyl sites for hydroxylation is 1. The highest BCUT2D eigenvalue weighted by molar-refractivity contribution is 5.95. The molecule has 0 unspecified atom stereocenters. The molecule has 1 saturated heterocycles. The van der Waals surface area contributed by atoms with Crippen LogP contribution in [0, 0.1) is 6.92 Å². The Morgan fingerprint density at radius 3 is 2.76 bits per heavy atom. The summed E-state index contributed by atoms with van der Waals surface area (Å²) in [5, 5.41) is 6.47. The number of nitrogens with one attached hydrogen (secondary N) is 2. The van der Waals surface area contributed by atoms with Gasteiger partial charge in [-0.05, 0) is 39.2 Å². The fourth-order valence-corrected chi connectivity index (χ4v) is 2.70. The molecule has 1 aromatic heterocycles. The third-order valence-corrected chi connectivity index (χ3v) is 4.19. The van der Waals surface area contributed by atoms with Gasteiger partial charge in [0.05, 0.1) is 17.3 Å².